The third kappa shape index (κ3) is 4.97. The van der Waals surface area contributed by atoms with Crippen LogP contribution in [-0.2, 0) is 21.4 Å². The molecule has 1 heterocycles. The number of rotatable bonds is 9. The summed E-state index contributed by atoms with van der Waals surface area (Å²) in [6, 6.07) is 11.4. The number of aryl methyl sites for hydroxylation is 1. The lowest BCUT2D eigenvalue weighted by Crippen LogP contribution is -2.30. The van der Waals surface area contributed by atoms with E-state index in [0.717, 1.165) is 0 Å². The highest BCUT2D eigenvalue weighted by molar-refractivity contribution is 7.89. The van der Waals surface area contributed by atoms with Gasteiger partial charge in [0, 0.05) is 30.8 Å². The number of benzene rings is 2. The lowest BCUT2D eigenvalue weighted by molar-refractivity contribution is -0.116. The highest BCUT2D eigenvalue weighted by Gasteiger charge is 2.22. The van der Waals surface area contributed by atoms with E-state index < -0.39 is 10.0 Å². The van der Waals surface area contributed by atoms with Crippen molar-refractivity contribution in [2.45, 2.75) is 38.6 Å². The smallest absolute Gasteiger partial charge is 0.243 e. The number of hydrogen-bond acceptors (Lipinski definition) is 6. The molecular weight excluding hydrogens is 418 g/mol. The molecule has 9 nitrogen and oxygen atoms in total. The maximum absolute atomic E-state index is 12.7. The zero-order valence-corrected chi connectivity index (χ0v) is 18.5. The van der Waals surface area contributed by atoms with E-state index in [1.807, 2.05) is 0 Å². The average Bonchev–Trinajstić information content (AvgIpc) is 3.15. The van der Waals surface area contributed by atoms with Gasteiger partial charge in [0.15, 0.2) is 5.78 Å². The minimum absolute atomic E-state index is 0.0380. The normalized spacial score (nSPS) is 11.7. The predicted octanol–water partition coefficient (Wildman–Crippen LogP) is 2.69. The van der Waals surface area contributed by atoms with Gasteiger partial charge in [0.1, 0.15) is 5.52 Å². The van der Waals surface area contributed by atoms with Crippen molar-refractivity contribution in [3.8, 4) is 0 Å². The van der Waals surface area contributed by atoms with Gasteiger partial charge in [-0.2, -0.15) is 4.31 Å². The summed E-state index contributed by atoms with van der Waals surface area (Å²) in [4.78, 5) is 23.8. The fourth-order valence-corrected chi connectivity index (χ4v) is 4.69. The Kier molecular flexibility index (Phi) is 6.81. The maximum atomic E-state index is 12.7. The molecule has 1 N–H and O–H groups in total. The first-order valence-corrected chi connectivity index (χ1v) is 11.4. The molecule has 0 aliphatic carbocycles. The molecule has 0 saturated carbocycles. The Labute approximate surface area is 181 Å². The SMILES string of the molecule is CCN(CC)S(=O)(=O)c1ccc2c(c1)nnn2CCC(=O)Nc1ccc(C(C)=O)cc1. The van der Waals surface area contributed by atoms with Gasteiger partial charge in [0.05, 0.1) is 17.0 Å². The lowest BCUT2D eigenvalue weighted by atomic mass is 10.1. The fourth-order valence-electron chi connectivity index (χ4n) is 3.21. The van der Waals surface area contributed by atoms with Crippen LogP contribution in [-0.4, -0.2) is 52.5 Å². The number of anilines is 1. The van der Waals surface area contributed by atoms with Gasteiger partial charge >= 0.3 is 0 Å². The molecule has 164 valence electrons. The zero-order valence-electron chi connectivity index (χ0n) is 17.7. The summed E-state index contributed by atoms with van der Waals surface area (Å²) in [5, 5.41) is 10.9. The molecule has 0 saturated heterocycles. The first-order valence-electron chi connectivity index (χ1n) is 10.0. The van der Waals surface area contributed by atoms with Gasteiger partial charge in [-0.3, -0.25) is 9.59 Å². The molecule has 2 aromatic carbocycles. The van der Waals surface area contributed by atoms with Crippen molar-refractivity contribution >= 4 is 38.4 Å². The van der Waals surface area contributed by atoms with Crippen molar-refractivity contribution in [1.82, 2.24) is 19.3 Å². The van der Waals surface area contributed by atoms with E-state index in [9.17, 15) is 18.0 Å². The van der Waals surface area contributed by atoms with Gasteiger partial charge in [-0.15, -0.1) is 5.10 Å². The third-order valence-corrected chi connectivity index (χ3v) is 7.00. The minimum Gasteiger partial charge on any atom is -0.326 e. The van der Waals surface area contributed by atoms with Crippen LogP contribution in [0.2, 0.25) is 0 Å². The van der Waals surface area contributed by atoms with Gasteiger partial charge in [0.2, 0.25) is 15.9 Å². The number of hydrogen-bond donors (Lipinski definition) is 1. The molecule has 0 unspecified atom stereocenters. The fraction of sp³-hybridized carbons (Fsp3) is 0.333. The average molecular weight is 444 g/mol. The van der Waals surface area contributed by atoms with Crippen molar-refractivity contribution in [1.29, 1.82) is 0 Å². The summed E-state index contributed by atoms with van der Waals surface area (Å²) >= 11 is 0. The number of fused-ring (bicyclic) bond motifs is 1. The Morgan fingerprint density at radius 1 is 1.06 bits per heavy atom. The second-order valence-electron chi connectivity index (χ2n) is 6.98. The van der Waals surface area contributed by atoms with Crippen molar-refractivity contribution in [3.05, 3.63) is 48.0 Å². The standard InChI is InChI=1S/C21H25N5O4S/c1-4-25(5-2)31(29,30)18-10-11-20-19(14-18)23-24-26(20)13-12-21(28)22-17-8-6-16(7-9-17)15(3)27/h6-11,14H,4-5,12-13H2,1-3H3,(H,22,28). The molecule has 0 aliphatic rings. The lowest BCUT2D eigenvalue weighted by Gasteiger charge is -2.18. The van der Waals surface area contributed by atoms with E-state index in [4.69, 9.17) is 0 Å². The minimum atomic E-state index is -3.58. The maximum Gasteiger partial charge on any atom is 0.243 e. The summed E-state index contributed by atoms with van der Waals surface area (Å²) < 4.78 is 28.3. The van der Waals surface area contributed by atoms with Crippen LogP contribution in [0.25, 0.3) is 11.0 Å². The molecule has 0 radical (unpaired) electrons. The van der Waals surface area contributed by atoms with Gasteiger partial charge in [-0.1, -0.05) is 19.1 Å². The number of aromatic nitrogens is 3. The molecule has 1 aromatic heterocycles. The van der Waals surface area contributed by atoms with Crippen LogP contribution in [0.5, 0.6) is 0 Å². The quantitative estimate of drug-likeness (QED) is 0.509. The van der Waals surface area contributed by atoms with E-state index in [1.54, 1.807) is 48.9 Å². The first kappa shape index (κ1) is 22.6. The summed E-state index contributed by atoms with van der Waals surface area (Å²) in [5.74, 6) is -0.246. The number of carbonyl (C=O) groups is 2. The number of ketones is 1. The zero-order chi connectivity index (χ0) is 22.6. The third-order valence-electron chi connectivity index (χ3n) is 4.95. The van der Waals surface area contributed by atoms with Gasteiger partial charge in [-0.05, 0) is 49.4 Å². The van der Waals surface area contributed by atoms with Crippen molar-refractivity contribution in [3.63, 3.8) is 0 Å². The molecule has 0 atom stereocenters. The van der Waals surface area contributed by atoms with Crippen LogP contribution >= 0.6 is 0 Å². The molecule has 3 aromatic rings. The Morgan fingerprint density at radius 2 is 1.74 bits per heavy atom. The van der Waals surface area contributed by atoms with E-state index in [2.05, 4.69) is 15.6 Å². The van der Waals surface area contributed by atoms with Gasteiger partial charge in [0.25, 0.3) is 0 Å². The molecule has 10 heteroatoms. The summed E-state index contributed by atoms with van der Waals surface area (Å²) in [5.41, 5.74) is 2.28. The van der Waals surface area contributed by atoms with Crippen LogP contribution in [0.1, 0.15) is 37.6 Å². The largest absolute Gasteiger partial charge is 0.326 e. The molecule has 0 spiro atoms. The van der Waals surface area contributed by atoms with Crippen molar-refractivity contribution in [2.75, 3.05) is 18.4 Å². The molecule has 0 aliphatic heterocycles. The number of carbonyl (C=O) groups excluding carboxylic acids is 2. The van der Waals surface area contributed by atoms with Crippen LogP contribution in [0.3, 0.4) is 0 Å². The molecule has 1 amide bonds. The van der Waals surface area contributed by atoms with Crippen LogP contribution in [0.15, 0.2) is 47.4 Å². The molecule has 0 bridgehead atoms. The Hall–Kier alpha value is -3.11. The molecule has 0 fully saturated rings. The highest BCUT2D eigenvalue weighted by atomic mass is 32.2. The number of nitrogens with zero attached hydrogens (tertiary/aromatic N) is 4. The van der Waals surface area contributed by atoms with E-state index in [-0.39, 0.29) is 29.6 Å². The Balaban J connectivity index is 1.68. The second-order valence-corrected chi connectivity index (χ2v) is 8.92. The molecular formula is C21H25N5O4S. The first-order chi connectivity index (χ1) is 14.8. The van der Waals surface area contributed by atoms with E-state index in [0.29, 0.717) is 35.4 Å². The Morgan fingerprint density at radius 3 is 2.35 bits per heavy atom. The number of nitrogens with one attached hydrogen (secondary N) is 1. The van der Waals surface area contributed by atoms with Gasteiger partial charge in [-0.25, -0.2) is 13.1 Å². The van der Waals surface area contributed by atoms with Crippen LogP contribution in [0, 0.1) is 0 Å². The summed E-state index contributed by atoms with van der Waals surface area (Å²) in [6.07, 6.45) is 0.159. The number of sulfonamides is 1. The van der Waals surface area contributed by atoms with Crippen molar-refractivity contribution < 1.29 is 18.0 Å². The number of Topliss-reactive ketones (excluding diaryl/α,β-unsaturated/α-hetero) is 1. The highest BCUT2D eigenvalue weighted by Crippen LogP contribution is 2.21. The molecule has 31 heavy (non-hydrogen) atoms. The van der Waals surface area contributed by atoms with Gasteiger partial charge < -0.3 is 5.32 Å². The number of amides is 1. The van der Waals surface area contributed by atoms with E-state index in [1.165, 1.54) is 23.4 Å². The van der Waals surface area contributed by atoms with E-state index >= 15 is 0 Å². The van der Waals surface area contributed by atoms with Crippen LogP contribution < -0.4 is 5.32 Å². The Bertz CT molecular complexity index is 1200. The summed E-state index contributed by atoms with van der Waals surface area (Å²) in [6.45, 7) is 6.12. The monoisotopic (exact) mass is 443 g/mol. The predicted molar refractivity (Wildman–Crippen MR) is 117 cm³/mol. The van der Waals surface area contributed by atoms with Crippen molar-refractivity contribution in [2.24, 2.45) is 0 Å². The second kappa shape index (κ2) is 9.36. The topological polar surface area (TPSA) is 114 Å². The van der Waals surface area contributed by atoms with Crippen LogP contribution in [0.4, 0.5) is 5.69 Å². The summed E-state index contributed by atoms with van der Waals surface area (Å²) in [7, 11) is -3.58. The molecule has 3 rings (SSSR count).